The van der Waals surface area contributed by atoms with Gasteiger partial charge in [0.15, 0.2) is 5.79 Å². The van der Waals surface area contributed by atoms with Gasteiger partial charge in [-0.25, -0.2) is 14.4 Å². The first-order chi connectivity index (χ1) is 23.8. The predicted molar refractivity (Wildman–Crippen MR) is 191 cm³/mol. The standard InChI is InChI=1S/C39H60O12/c1-21(2)36-26(7)31(49-33(42)16-15-32(40)41)20-39(46,51-36)28(9)35(44)27(8)37-29(47-10)14-12-13-22(3)17-24(5)34(43)25(6)18-23(4)19-30(48-11)38(45)50-37/h12-16,18-19,21,24-29,31,34-37,43-44,46H,17,20H2,1-11H3,(H,40,41)/b14-12+,16-15+,22-13+,23-18+,30-19-/t24-,25-,26+,27+,28+,29+,31-,34+,35-,36-,37?,39-/m1/s1. The highest BCUT2D eigenvalue weighted by Gasteiger charge is 2.53. The maximum atomic E-state index is 13.6. The van der Waals surface area contributed by atoms with E-state index in [4.69, 9.17) is 28.8 Å². The molecule has 2 rings (SSSR count). The molecule has 12 heteroatoms. The van der Waals surface area contributed by atoms with E-state index in [1.807, 2.05) is 53.7 Å². The van der Waals surface area contributed by atoms with E-state index in [1.54, 1.807) is 32.9 Å². The summed E-state index contributed by atoms with van der Waals surface area (Å²) in [4.78, 5) is 37.1. The highest BCUT2D eigenvalue weighted by Crippen LogP contribution is 2.42. The molecule has 0 amide bonds. The molecule has 1 saturated heterocycles. The number of hydrogen-bond donors (Lipinski definition) is 4. The van der Waals surface area contributed by atoms with Crippen molar-refractivity contribution in [2.45, 2.75) is 118 Å². The molecule has 0 saturated carbocycles. The molecule has 0 aliphatic carbocycles. The smallest absolute Gasteiger partial charge is 0.373 e. The van der Waals surface area contributed by atoms with Gasteiger partial charge in [0.25, 0.3) is 0 Å². The summed E-state index contributed by atoms with van der Waals surface area (Å²) in [5.41, 5.74) is 1.70. The number of aliphatic carboxylic acids is 1. The normalized spacial score (nSPS) is 37.1. The van der Waals surface area contributed by atoms with E-state index in [2.05, 4.69) is 0 Å². The number of esters is 2. The third-order valence-corrected chi connectivity index (χ3v) is 10.1. The summed E-state index contributed by atoms with van der Waals surface area (Å²) >= 11 is 0. The van der Waals surface area contributed by atoms with Crippen molar-refractivity contribution < 1.29 is 58.5 Å². The fourth-order valence-corrected chi connectivity index (χ4v) is 7.00. The second-order valence-corrected chi connectivity index (χ2v) is 14.6. The summed E-state index contributed by atoms with van der Waals surface area (Å²) in [6.45, 7) is 16.5. The molecular formula is C39H60O12. The van der Waals surface area contributed by atoms with Gasteiger partial charge in [0.2, 0.25) is 5.76 Å². The van der Waals surface area contributed by atoms with E-state index < -0.39 is 72.2 Å². The molecule has 2 heterocycles. The van der Waals surface area contributed by atoms with Gasteiger partial charge in [0, 0.05) is 49.4 Å². The minimum atomic E-state index is -1.99. The van der Waals surface area contributed by atoms with Gasteiger partial charge in [-0.3, -0.25) is 0 Å². The molecule has 4 N–H and O–H groups in total. The predicted octanol–water partition coefficient (Wildman–Crippen LogP) is 4.88. The molecule has 2 aliphatic rings. The van der Waals surface area contributed by atoms with E-state index in [0.717, 1.165) is 11.6 Å². The Morgan fingerprint density at radius 1 is 1.06 bits per heavy atom. The van der Waals surface area contributed by atoms with E-state index >= 15 is 0 Å². The van der Waals surface area contributed by atoms with Crippen LogP contribution in [0.25, 0.3) is 0 Å². The number of carboxylic acid groups (broad SMARTS) is 1. The molecule has 288 valence electrons. The van der Waals surface area contributed by atoms with Gasteiger partial charge in [0.1, 0.15) is 18.3 Å². The summed E-state index contributed by atoms with van der Waals surface area (Å²) in [5, 5.41) is 43.8. The number of carbonyl (C=O) groups excluding carboxylic acids is 2. The van der Waals surface area contributed by atoms with Gasteiger partial charge in [-0.1, -0.05) is 83.9 Å². The van der Waals surface area contributed by atoms with Crippen molar-refractivity contribution in [2.24, 2.45) is 35.5 Å². The minimum Gasteiger partial charge on any atom is -0.490 e. The Hall–Kier alpha value is -3.29. The number of rotatable bonds is 10. The second-order valence-electron chi connectivity index (χ2n) is 14.6. The zero-order chi connectivity index (χ0) is 38.8. The number of carbonyl (C=O) groups is 3. The Morgan fingerprint density at radius 3 is 2.27 bits per heavy atom. The Labute approximate surface area is 302 Å². The number of ether oxygens (including phenoxy) is 5. The lowest BCUT2D eigenvalue weighted by Gasteiger charge is -2.50. The molecule has 0 radical (unpaired) electrons. The number of aliphatic hydroxyl groups excluding tert-OH is 2. The quantitative estimate of drug-likeness (QED) is 0.178. The second kappa shape index (κ2) is 19.5. The van der Waals surface area contributed by atoms with Crippen molar-refractivity contribution in [3.8, 4) is 0 Å². The number of aliphatic hydroxyl groups is 3. The van der Waals surface area contributed by atoms with Crippen molar-refractivity contribution in [3.05, 3.63) is 59.4 Å². The molecule has 12 atom stereocenters. The minimum absolute atomic E-state index is 0.0458. The molecule has 12 nitrogen and oxygen atoms in total. The Balaban J connectivity index is 2.55. The van der Waals surface area contributed by atoms with E-state index in [-0.39, 0.29) is 35.9 Å². The molecule has 2 aliphatic heterocycles. The van der Waals surface area contributed by atoms with Gasteiger partial charge < -0.3 is 44.1 Å². The molecule has 0 spiro atoms. The number of cyclic esters (lactones) is 1. The first kappa shape index (κ1) is 43.9. The van der Waals surface area contributed by atoms with Crippen LogP contribution in [0, 0.1) is 35.5 Å². The van der Waals surface area contributed by atoms with Crippen molar-refractivity contribution in [1.82, 2.24) is 0 Å². The highest BCUT2D eigenvalue weighted by atomic mass is 16.6. The molecule has 0 aromatic rings. The fourth-order valence-electron chi connectivity index (χ4n) is 7.00. The van der Waals surface area contributed by atoms with Crippen LogP contribution in [0.4, 0.5) is 0 Å². The Bertz CT molecular complexity index is 1350. The van der Waals surface area contributed by atoms with Crippen LogP contribution in [-0.2, 0) is 38.1 Å². The molecule has 1 fully saturated rings. The maximum absolute atomic E-state index is 13.6. The van der Waals surface area contributed by atoms with Crippen LogP contribution in [0.3, 0.4) is 0 Å². The number of allylic oxidation sites excluding steroid dienone is 5. The molecule has 1 unspecified atom stereocenters. The summed E-state index contributed by atoms with van der Waals surface area (Å²) in [6, 6.07) is 0. The molecule has 51 heavy (non-hydrogen) atoms. The third-order valence-electron chi connectivity index (χ3n) is 10.1. The van der Waals surface area contributed by atoms with Crippen molar-refractivity contribution in [2.75, 3.05) is 14.2 Å². The Morgan fingerprint density at radius 2 is 1.71 bits per heavy atom. The van der Waals surface area contributed by atoms with Crippen LogP contribution >= 0.6 is 0 Å². The van der Waals surface area contributed by atoms with Crippen LogP contribution in [0.5, 0.6) is 0 Å². The lowest BCUT2D eigenvalue weighted by Crippen LogP contribution is -2.59. The van der Waals surface area contributed by atoms with Crippen LogP contribution in [0.1, 0.15) is 75.2 Å². The van der Waals surface area contributed by atoms with Crippen molar-refractivity contribution >= 4 is 17.9 Å². The van der Waals surface area contributed by atoms with Crippen LogP contribution < -0.4 is 0 Å². The van der Waals surface area contributed by atoms with Crippen LogP contribution in [-0.4, -0.2) is 95.0 Å². The molecular weight excluding hydrogens is 660 g/mol. The summed E-state index contributed by atoms with van der Waals surface area (Å²) < 4.78 is 29.1. The highest BCUT2D eigenvalue weighted by molar-refractivity contribution is 5.90. The van der Waals surface area contributed by atoms with E-state index in [9.17, 15) is 29.7 Å². The fraction of sp³-hybridized carbons (Fsp3) is 0.667. The molecule has 0 aromatic carbocycles. The van der Waals surface area contributed by atoms with Gasteiger partial charge in [-0.05, 0) is 38.2 Å². The van der Waals surface area contributed by atoms with Crippen molar-refractivity contribution in [1.29, 1.82) is 0 Å². The average Bonchev–Trinajstić information content (AvgIpc) is 3.06. The summed E-state index contributed by atoms with van der Waals surface area (Å²) in [7, 11) is 2.80. The van der Waals surface area contributed by atoms with Gasteiger partial charge in [-0.15, -0.1) is 0 Å². The topological polar surface area (TPSA) is 178 Å². The summed E-state index contributed by atoms with van der Waals surface area (Å²) in [5.74, 6) is -7.68. The zero-order valence-electron chi connectivity index (χ0n) is 31.9. The lowest BCUT2D eigenvalue weighted by atomic mass is 9.76. The monoisotopic (exact) mass is 720 g/mol. The van der Waals surface area contributed by atoms with E-state index in [0.29, 0.717) is 18.1 Å². The van der Waals surface area contributed by atoms with E-state index in [1.165, 1.54) is 20.3 Å². The van der Waals surface area contributed by atoms with Crippen molar-refractivity contribution in [3.63, 3.8) is 0 Å². The zero-order valence-corrected chi connectivity index (χ0v) is 31.9. The molecule has 0 bridgehead atoms. The average molecular weight is 721 g/mol. The van der Waals surface area contributed by atoms with Gasteiger partial charge in [0.05, 0.1) is 25.4 Å². The number of hydrogen-bond acceptors (Lipinski definition) is 11. The van der Waals surface area contributed by atoms with Crippen LogP contribution in [0.2, 0.25) is 0 Å². The largest absolute Gasteiger partial charge is 0.490 e. The SMILES string of the molecule is CO/C1=C\C(C)=C\[C@@H](C)[C@@H](O)[C@H](C)C/C(C)=C/C=C/[C@H](OC)C([C@@H](C)[C@@H](O)[C@H](C)[C@@]2(O)C[C@@H](OC(=O)/C=C/C(=O)O)[C@H](C)[C@@H](C(C)C)O2)OC1=O. The Kier molecular flexibility index (Phi) is 16.8. The number of methoxy groups -OCH3 is 2. The molecule has 0 aromatic heterocycles. The van der Waals surface area contributed by atoms with Gasteiger partial charge >= 0.3 is 17.9 Å². The maximum Gasteiger partial charge on any atom is 0.373 e. The van der Waals surface area contributed by atoms with Crippen LogP contribution in [0.15, 0.2) is 59.4 Å². The lowest BCUT2D eigenvalue weighted by molar-refractivity contribution is -0.329. The first-order valence-corrected chi connectivity index (χ1v) is 17.7. The van der Waals surface area contributed by atoms with Gasteiger partial charge in [-0.2, -0.15) is 0 Å². The summed E-state index contributed by atoms with van der Waals surface area (Å²) in [6.07, 6.45) is 5.37. The number of carboxylic acids is 1. The third kappa shape index (κ3) is 12.1. The first-order valence-electron chi connectivity index (χ1n) is 17.7.